The van der Waals surface area contributed by atoms with Crippen molar-refractivity contribution in [3.05, 3.63) is 0 Å². The molecule has 0 spiro atoms. The summed E-state index contributed by atoms with van der Waals surface area (Å²) in [7, 11) is 0. The third kappa shape index (κ3) is 3.44. The van der Waals surface area contributed by atoms with E-state index in [4.69, 9.17) is 9.47 Å². The molecule has 2 rings (SSSR count). The Hall–Kier alpha value is -0.120. The summed E-state index contributed by atoms with van der Waals surface area (Å²) in [6.07, 6.45) is 4.50. The SMILES string of the molecule is CC1CC(OCCC2CNC2)CC(C)O1. The Morgan fingerprint density at radius 2 is 1.87 bits per heavy atom. The summed E-state index contributed by atoms with van der Waals surface area (Å²) in [5.41, 5.74) is 0. The van der Waals surface area contributed by atoms with Crippen molar-refractivity contribution in [1.29, 1.82) is 0 Å². The van der Waals surface area contributed by atoms with Crippen molar-refractivity contribution in [2.45, 2.75) is 51.4 Å². The number of hydrogen-bond donors (Lipinski definition) is 1. The lowest BCUT2D eigenvalue weighted by atomic mass is 9.99. The zero-order chi connectivity index (χ0) is 10.7. The summed E-state index contributed by atoms with van der Waals surface area (Å²) in [4.78, 5) is 0. The van der Waals surface area contributed by atoms with Crippen LogP contribution in [0.1, 0.15) is 33.1 Å². The van der Waals surface area contributed by atoms with Gasteiger partial charge in [-0.1, -0.05) is 0 Å². The summed E-state index contributed by atoms with van der Waals surface area (Å²) < 4.78 is 11.6. The van der Waals surface area contributed by atoms with Crippen molar-refractivity contribution in [3.63, 3.8) is 0 Å². The lowest BCUT2D eigenvalue weighted by Crippen LogP contribution is -2.42. The van der Waals surface area contributed by atoms with E-state index >= 15 is 0 Å². The maximum absolute atomic E-state index is 5.92. The van der Waals surface area contributed by atoms with Gasteiger partial charge < -0.3 is 14.8 Å². The maximum atomic E-state index is 5.92. The van der Waals surface area contributed by atoms with Gasteiger partial charge in [-0.15, -0.1) is 0 Å². The third-order valence-electron chi connectivity index (χ3n) is 3.40. The van der Waals surface area contributed by atoms with Crippen molar-refractivity contribution in [3.8, 4) is 0 Å². The molecule has 0 aromatic heterocycles. The van der Waals surface area contributed by atoms with Crippen LogP contribution in [0.3, 0.4) is 0 Å². The average Bonchev–Trinajstić information content (AvgIpc) is 2.07. The molecule has 2 fully saturated rings. The molecule has 0 amide bonds. The van der Waals surface area contributed by atoms with Gasteiger partial charge in [0, 0.05) is 6.61 Å². The van der Waals surface area contributed by atoms with E-state index < -0.39 is 0 Å². The van der Waals surface area contributed by atoms with Gasteiger partial charge in [0.1, 0.15) is 0 Å². The minimum atomic E-state index is 0.365. The van der Waals surface area contributed by atoms with Gasteiger partial charge in [-0.2, -0.15) is 0 Å². The number of hydrogen-bond acceptors (Lipinski definition) is 3. The summed E-state index contributed by atoms with van der Waals surface area (Å²) in [6.45, 7) is 7.58. The van der Waals surface area contributed by atoms with Crippen molar-refractivity contribution in [1.82, 2.24) is 5.32 Å². The Morgan fingerprint density at radius 3 is 2.40 bits per heavy atom. The predicted octanol–water partition coefficient (Wildman–Crippen LogP) is 1.57. The Morgan fingerprint density at radius 1 is 1.20 bits per heavy atom. The molecule has 2 aliphatic heterocycles. The smallest absolute Gasteiger partial charge is 0.0624 e. The summed E-state index contributed by atoms with van der Waals surface area (Å²) in [5, 5.41) is 3.29. The molecule has 0 aromatic carbocycles. The van der Waals surface area contributed by atoms with E-state index in [0.717, 1.165) is 25.4 Å². The fourth-order valence-corrected chi connectivity index (χ4v) is 2.43. The highest BCUT2D eigenvalue weighted by molar-refractivity contribution is 4.76. The minimum Gasteiger partial charge on any atom is -0.378 e. The summed E-state index contributed by atoms with van der Waals surface area (Å²) in [5.74, 6) is 0.861. The van der Waals surface area contributed by atoms with E-state index in [1.165, 1.54) is 19.5 Å². The summed E-state index contributed by atoms with van der Waals surface area (Å²) >= 11 is 0. The zero-order valence-electron chi connectivity index (χ0n) is 9.87. The van der Waals surface area contributed by atoms with Gasteiger partial charge in [-0.25, -0.2) is 0 Å². The molecular formula is C12H23NO2. The molecule has 0 aliphatic carbocycles. The average molecular weight is 213 g/mol. The largest absolute Gasteiger partial charge is 0.378 e. The highest BCUT2D eigenvalue weighted by Crippen LogP contribution is 2.22. The molecule has 15 heavy (non-hydrogen) atoms. The van der Waals surface area contributed by atoms with Crippen LogP contribution in [0.2, 0.25) is 0 Å². The topological polar surface area (TPSA) is 30.5 Å². The molecule has 88 valence electrons. The van der Waals surface area contributed by atoms with Gasteiger partial charge in [0.25, 0.3) is 0 Å². The first-order chi connectivity index (χ1) is 7.24. The van der Waals surface area contributed by atoms with Crippen molar-refractivity contribution < 1.29 is 9.47 Å². The molecule has 2 saturated heterocycles. The predicted molar refractivity (Wildman–Crippen MR) is 60.0 cm³/mol. The maximum Gasteiger partial charge on any atom is 0.0624 e. The lowest BCUT2D eigenvalue weighted by Gasteiger charge is -2.33. The second kappa shape index (κ2) is 5.28. The lowest BCUT2D eigenvalue weighted by molar-refractivity contribution is -0.103. The number of ether oxygens (including phenoxy) is 2. The second-order valence-corrected chi connectivity index (χ2v) is 5.03. The molecule has 0 bridgehead atoms. The van der Waals surface area contributed by atoms with E-state index in [1.54, 1.807) is 0 Å². The Bertz CT molecular complexity index is 184. The first-order valence-electron chi connectivity index (χ1n) is 6.22. The van der Waals surface area contributed by atoms with Crippen LogP contribution in [-0.4, -0.2) is 38.0 Å². The van der Waals surface area contributed by atoms with Gasteiger partial charge in [-0.05, 0) is 52.1 Å². The fourth-order valence-electron chi connectivity index (χ4n) is 2.43. The fraction of sp³-hybridized carbons (Fsp3) is 1.00. The third-order valence-corrected chi connectivity index (χ3v) is 3.40. The molecule has 2 unspecified atom stereocenters. The van der Waals surface area contributed by atoms with E-state index in [9.17, 15) is 0 Å². The molecule has 1 N–H and O–H groups in total. The highest BCUT2D eigenvalue weighted by Gasteiger charge is 2.25. The molecule has 0 saturated carbocycles. The van der Waals surface area contributed by atoms with Gasteiger partial charge in [0.05, 0.1) is 18.3 Å². The van der Waals surface area contributed by atoms with Crippen LogP contribution in [0.15, 0.2) is 0 Å². The van der Waals surface area contributed by atoms with Crippen LogP contribution in [0.5, 0.6) is 0 Å². The van der Waals surface area contributed by atoms with Crippen LogP contribution in [-0.2, 0) is 9.47 Å². The second-order valence-electron chi connectivity index (χ2n) is 5.03. The van der Waals surface area contributed by atoms with Crippen molar-refractivity contribution in [2.24, 2.45) is 5.92 Å². The highest BCUT2D eigenvalue weighted by atomic mass is 16.5. The number of rotatable bonds is 4. The van der Waals surface area contributed by atoms with E-state index in [-0.39, 0.29) is 0 Å². The van der Waals surface area contributed by atoms with E-state index in [0.29, 0.717) is 18.3 Å². The van der Waals surface area contributed by atoms with Crippen LogP contribution in [0.4, 0.5) is 0 Å². The zero-order valence-corrected chi connectivity index (χ0v) is 9.87. The molecule has 2 heterocycles. The van der Waals surface area contributed by atoms with Crippen molar-refractivity contribution >= 4 is 0 Å². The number of nitrogens with one attached hydrogen (secondary N) is 1. The molecule has 3 heteroatoms. The van der Waals surface area contributed by atoms with Crippen molar-refractivity contribution in [2.75, 3.05) is 19.7 Å². The normalized spacial score (nSPS) is 37.6. The van der Waals surface area contributed by atoms with Crippen LogP contribution < -0.4 is 5.32 Å². The Labute approximate surface area is 92.5 Å². The first kappa shape index (κ1) is 11.4. The van der Waals surface area contributed by atoms with Gasteiger partial charge >= 0.3 is 0 Å². The van der Waals surface area contributed by atoms with Gasteiger partial charge in [0.2, 0.25) is 0 Å². The van der Waals surface area contributed by atoms with Crippen LogP contribution in [0.25, 0.3) is 0 Å². The quantitative estimate of drug-likeness (QED) is 0.769. The molecule has 2 aliphatic rings. The Kier molecular flexibility index (Phi) is 4.00. The van der Waals surface area contributed by atoms with E-state index in [2.05, 4.69) is 19.2 Å². The first-order valence-corrected chi connectivity index (χ1v) is 6.22. The monoisotopic (exact) mass is 213 g/mol. The molecule has 0 radical (unpaired) electrons. The van der Waals surface area contributed by atoms with E-state index in [1.807, 2.05) is 0 Å². The van der Waals surface area contributed by atoms with Gasteiger partial charge in [-0.3, -0.25) is 0 Å². The standard InChI is InChI=1S/C12H23NO2/c1-9-5-12(6-10(2)15-9)14-4-3-11-7-13-8-11/h9-13H,3-8H2,1-2H3. The molecular weight excluding hydrogens is 190 g/mol. The van der Waals surface area contributed by atoms with Gasteiger partial charge in [0.15, 0.2) is 0 Å². The molecule has 3 nitrogen and oxygen atoms in total. The Balaban J connectivity index is 1.60. The molecule has 2 atom stereocenters. The summed E-state index contributed by atoms with van der Waals surface area (Å²) in [6, 6.07) is 0. The minimum absolute atomic E-state index is 0.365. The molecule has 0 aromatic rings. The van der Waals surface area contributed by atoms with Crippen LogP contribution in [0, 0.1) is 5.92 Å². The van der Waals surface area contributed by atoms with Crippen LogP contribution >= 0.6 is 0 Å².